The van der Waals surface area contributed by atoms with E-state index < -0.39 is 0 Å². The van der Waals surface area contributed by atoms with E-state index in [2.05, 4.69) is 10.6 Å². The fourth-order valence-electron chi connectivity index (χ4n) is 0.478. The Kier molecular flexibility index (Phi) is 14.7. The van der Waals surface area contributed by atoms with Crippen LogP contribution in [0.5, 0.6) is 0 Å². The van der Waals surface area contributed by atoms with Crippen LogP contribution in [0.2, 0.25) is 0 Å². The fourth-order valence-corrected chi connectivity index (χ4v) is 0.478. The number of nitrogens with one attached hydrogen (secondary N) is 2. The van der Waals surface area contributed by atoms with Gasteiger partial charge in [-0.3, -0.25) is 4.79 Å². The van der Waals surface area contributed by atoms with Crippen LogP contribution in [0.4, 0.5) is 0 Å². The first-order chi connectivity index (χ1) is 5.27. The zero-order chi connectivity index (χ0) is 9.11. The van der Waals surface area contributed by atoms with Gasteiger partial charge in [0.1, 0.15) is 5.78 Å². The number of ketones is 1. The van der Waals surface area contributed by atoms with Crippen molar-refractivity contribution in [2.75, 3.05) is 26.7 Å². The average molecular weight is 160 g/mol. The van der Waals surface area contributed by atoms with Crippen molar-refractivity contribution >= 4 is 5.78 Å². The summed E-state index contributed by atoms with van der Waals surface area (Å²) in [4.78, 5) is 10.3. The molecule has 0 aliphatic heterocycles. The predicted octanol–water partition coefficient (Wildman–Crippen LogP) is 0.411. The SMILES string of the molecule is CC.CNCCNCC(C)=O. The molecule has 0 spiro atoms. The number of hydrogen-bond donors (Lipinski definition) is 2. The van der Waals surface area contributed by atoms with Gasteiger partial charge >= 0.3 is 0 Å². The van der Waals surface area contributed by atoms with E-state index in [0.717, 1.165) is 13.1 Å². The molecule has 0 radical (unpaired) electrons. The van der Waals surface area contributed by atoms with Crippen LogP contribution in [0.15, 0.2) is 0 Å². The highest BCUT2D eigenvalue weighted by molar-refractivity contribution is 5.77. The minimum absolute atomic E-state index is 0.186. The molecule has 0 fully saturated rings. The fraction of sp³-hybridized carbons (Fsp3) is 0.875. The lowest BCUT2D eigenvalue weighted by molar-refractivity contribution is -0.116. The van der Waals surface area contributed by atoms with E-state index in [4.69, 9.17) is 0 Å². The van der Waals surface area contributed by atoms with Gasteiger partial charge < -0.3 is 10.6 Å². The topological polar surface area (TPSA) is 41.1 Å². The lowest BCUT2D eigenvalue weighted by Gasteiger charge is -1.99. The lowest BCUT2D eigenvalue weighted by Crippen LogP contribution is -2.28. The summed E-state index contributed by atoms with van der Waals surface area (Å²) < 4.78 is 0. The zero-order valence-electron chi connectivity index (χ0n) is 8.03. The molecule has 2 N–H and O–H groups in total. The molecular weight excluding hydrogens is 140 g/mol. The van der Waals surface area contributed by atoms with Crippen molar-refractivity contribution in [2.24, 2.45) is 0 Å². The molecule has 0 aliphatic rings. The van der Waals surface area contributed by atoms with Gasteiger partial charge in [0.15, 0.2) is 0 Å². The summed E-state index contributed by atoms with van der Waals surface area (Å²) in [5, 5.41) is 5.94. The second kappa shape index (κ2) is 12.3. The van der Waals surface area contributed by atoms with Gasteiger partial charge in [-0.2, -0.15) is 0 Å². The van der Waals surface area contributed by atoms with Gasteiger partial charge in [-0.1, -0.05) is 13.8 Å². The second-order valence-electron chi connectivity index (χ2n) is 1.98. The van der Waals surface area contributed by atoms with E-state index in [9.17, 15) is 4.79 Å². The highest BCUT2D eigenvalue weighted by Crippen LogP contribution is 1.62. The van der Waals surface area contributed by atoms with Crippen molar-refractivity contribution < 1.29 is 4.79 Å². The molecule has 0 bridgehead atoms. The molecule has 3 nitrogen and oxygen atoms in total. The Morgan fingerprint density at radius 2 is 1.82 bits per heavy atom. The molecule has 0 saturated heterocycles. The Balaban J connectivity index is 0. The third-order valence-electron chi connectivity index (χ3n) is 0.926. The smallest absolute Gasteiger partial charge is 0.143 e. The van der Waals surface area contributed by atoms with Crippen LogP contribution in [-0.4, -0.2) is 32.5 Å². The maximum Gasteiger partial charge on any atom is 0.143 e. The molecule has 0 rings (SSSR count). The number of likely N-dealkylation sites (N-methyl/N-ethyl adjacent to an activating group) is 1. The van der Waals surface area contributed by atoms with Crippen molar-refractivity contribution in [3.63, 3.8) is 0 Å². The monoisotopic (exact) mass is 160 g/mol. The zero-order valence-corrected chi connectivity index (χ0v) is 8.03. The van der Waals surface area contributed by atoms with Gasteiger partial charge in [0, 0.05) is 13.1 Å². The first kappa shape index (κ1) is 13.2. The Hall–Kier alpha value is -0.410. The van der Waals surface area contributed by atoms with E-state index in [-0.39, 0.29) is 5.78 Å². The third kappa shape index (κ3) is 17.7. The number of carbonyl (C=O) groups is 1. The summed E-state index contributed by atoms with van der Waals surface area (Å²) in [5.74, 6) is 0.186. The molecule has 68 valence electrons. The van der Waals surface area contributed by atoms with Crippen molar-refractivity contribution in [3.05, 3.63) is 0 Å². The van der Waals surface area contributed by atoms with Crippen molar-refractivity contribution in [2.45, 2.75) is 20.8 Å². The third-order valence-corrected chi connectivity index (χ3v) is 0.926. The standard InChI is InChI=1S/C6H14N2O.C2H6/c1-6(9)5-8-4-3-7-2;1-2/h7-8H,3-5H2,1-2H3;1-2H3. The van der Waals surface area contributed by atoms with Crippen LogP contribution in [0.3, 0.4) is 0 Å². The van der Waals surface area contributed by atoms with Crippen molar-refractivity contribution in [1.29, 1.82) is 0 Å². The van der Waals surface area contributed by atoms with Crippen LogP contribution >= 0.6 is 0 Å². The average Bonchev–Trinajstić information content (AvgIpc) is 2.02. The molecule has 0 aromatic rings. The maximum absolute atomic E-state index is 10.3. The minimum atomic E-state index is 0.186. The van der Waals surface area contributed by atoms with Crippen molar-refractivity contribution in [1.82, 2.24) is 10.6 Å². The van der Waals surface area contributed by atoms with Gasteiger partial charge in [-0.05, 0) is 14.0 Å². The highest BCUT2D eigenvalue weighted by Gasteiger charge is 1.88. The first-order valence-electron chi connectivity index (χ1n) is 4.12. The molecule has 0 saturated carbocycles. The molecule has 0 aromatic carbocycles. The largest absolute Gasteiger partial charge is 0.318 e. The van der Waals surface area contributed by atoms with Crippen LogP contribution in [-0.2, 0) is 4.79 Å². The van der Waals surface area contributed by atoms with Gasteiger partial charge in [0.05, 0.1) is 6.54 Å². The molecular formula is C8H20N2O. The maximum atomic E-state index is 10.3. The second-order valence-corrected chi connectivity index (χ2v) is 1.98. The van der Waals surface area contributed by atoms with E-state index in [1.54, 1.807) is 6.92 Å². The molecule has 3 heteroatoms. The van der Waals surface area contributed by atoms with Gasteiger partial charge in [0.25, 0.3) is 0 Å². The predicted molar refractivity (Wildman–Crippen MR) is 48.8 cm³/mol. The molecule has 0 atom stereocenters. The first-order valence-corrected chi connectivity index (χ1v) is 4.12. The summed E-state index contributed by atoms with van der Waals surface area (Å²) in [5.41, 5.74) is 0. The summed E-state index contributed by atoms with van der Waals surface area (Å²) in [6.07, 6.45) is 0. The van der Waals surface area contributed by atoms with Gasteiger partial charge in [-0.25, -0.2) is 0 Å². The van der Waals surface area contributed by atoms with E-state index in [0.29, 0.717) is 6.54 Å². The summed E-state index contributed by atoms with van der Waals surface area (Å²) in [6.45, 7) is 7.83. The summed E-state index contributed by atoms with van der Waals surface area (Å²) in [6, 6.07) is 0. The summed E-state index contributed by atoms with van der Waals surface area (Å²) >= 11 is 0. The minimum Gasteiger partial charge on any atom is -0.318 e. The Morgan fingerprint density at radius 3 is 2.18 bits per heavy atom. The number of hydrogen-bond acceptors (Lipinski definition) is 3. The number of carbonyl (C=O) groups excluding carboxylic acids is 1. The van der Waals surface area contributed by atoms with E-state index in [1.165, 1.54) is 0 Å². The Bertz CT molecular complexity index is 84.2. The molecule has 0 heterocycles. The van der Waals surface area contributed by atoms with Crippen LogP contribution < -0.4 is 10.6 Å². The van der Waals surface area contributed by atoms with Gasteiger partial charge in [0.2, 0.25) is 0 Å². The quantitative estimate of drug-likeness (QED) is 0.572. The van der Waals surface area contributed by atoms with E-state index >= 15 is 0 Å². The Morgan fingerprint density at radius 1 is 1.27 bits per heavy atom. The van der Waals surface area contributed by atoms with Crippen LogP contribution in [0, 0.1) is 0 Å². The van der Waals surface area contributed by atoms with Crippen LogP contribution in [0.25, 0.3) is 0 Å². The van der Waals surface area contributed by atoms with Crippen LogP contribution in [0.1, 0.15) is 20.8 Å². The number of Topliss-reactive ketones (excluding diaryl/α,β-unsaturated/α-hetero) is 1. The van der Waals surface area contributed by atoms with E-state index in [1.807, 2.05) is 20.9 Å². The molecule has 0 aliphatic carbocycles. The molecule has 0 unspecified atom stereocenters. The Labute approximate surface area is 69.6 Å². The van der Waals surface area contributed by atoms with Crippen molar-refractivity contribution in [3.8, 4) is 0 Å². The molecule has 11 heavy (non-hydrogen) atoms. The lowest BCUT2D eigenvalue weighted by atomic mass is 10.4. The van der Waals surface area contributed by atoms with Gasteiger partial charge in [-0.15, -0.1) is 0 Å². The highest BCUT2D eigenvalue weighted by atomic mass is 16.1. The summed E-state index contributed by atoms with van der Waals surface area (Å²) in [7, 11) is 1.88. The molecule has 0 aromatic heterocycles. The number of rotatable bonds is 5. The normalized spacial score (nSPS) is 8.36. The molecule has 0 amide bonds.